The van der Waals surface area contributed by atoms with Crippen LogP contribution in [0.3, 0.4) is 0 Å². The lowest BCUT2D eigenvalue weighted by Gasteiger charge is -2.18. The summed E-state index contributed by atoms with van der Waals surface area (Å²) in [6, 6.07) is 0. The zero-order chi connectivity index (χ0) is 13.9. The summed E-state index contributed by atoms with van der Waals surface area (Å²) in [4.78, 5) is 11.2. The fourth-order valence-corrected chi connectivity index (χ4v) is 2.06. The van der Waals surface area contributed by atoms with Crippen molar-refractivity contribution >= 4 is 5.97 Å². The Hall–Kier alpha value is -1.91. The van der Waals surface area contributed by atoms with E-state index < -0.39 is 11.7 Å². The average molecular weight is 254 g/mol. The summed E-state index contributed by atoms with van der Waals surface area (Å²) in [5.74, 6) is -2.15. The SMILES string of the molecule is CCOc1c(CC)c(CC)c(O)c(O)c1C(=O)O. The number of carbonyl (C=O) groups is 1. The number of carboxylic acids is 1. The van der Waals surface area contributed by atoms with Gasteiger partial charge in [0, 0.05) is 11.1 Å². The summed E-state index contributed by atoms with van der Waals surface area (Å²) in [6.07, 6.45) is 1.01. The molecule has 100 valence electrons. The van der Waals surface area contributed by atoms with Crippen LogP contribution in [0.25, 0.3) is 0 Å². The number of hydrogen-bond donors (Lipinski definition) is 3. The van der Waals surface area contributed by atoms with Crippen molar-refractivity contribution in [1.82, 2.24) is 0 Å². The lowest BCUT2D eigenvalue weighted by atomic mass is 9.96. The number of benzene rings is 1. The lowest BCUT2D eigenvalue weighted by molar-refractivity contribution is 0.0688. The van der Waals surface area contributed by atoms with Gasteiger partial charge in [0.2, 0.25) is 0 Å². The Morgan fingerprint density at radius 2 is 1.61 bits per heavy atom. The van der Waals surface area contributed by atoms with Crippen LogP contribution < -0.4 is 4.74 Å². The first-order valence-electron chi connectivity index (χ1n) is 5.95. The van der Waals surface area contributed by atoms with Crippen molar-refractivity contribution in [3.05, 3.63) is 16.7 Å². The van der Waals surface area contributed by atoms with Crippen molar-refractivity contribution in [2.24, 2.45) is 0 Å². The van der Waals surface area contributed by atoms with Gasteiger partial charge in [0.1, 0.15) is 11.3 Å². The zero-order valence-electron chi connectivity index (χ0n) is 10.8. The molecule has 1 aromatic carbocycles. The van der Waals surface area contributed by atoms with E-state index in [2.05, 4.69) is 0 Å². The molecule has 0 saturated heterocycles. The minimum Gasteiger partial charge on any atom is -0.504 e. The van der Waals surface area contributed by atoms with E-state index in [-0.39, 0.29) is 17.1 Å². The lowest BCUT2D eigenvalue weighted by Crippen LogP contribution is -2.08. The largest absolute Gasteiger partial charge is 0.504 e. The molecule has 3 N–H and O–H groups in total. The molecular formula is C13H18O5. The summed E-state index contributed by atoms with van der Waals surface area (Å²) in [6.45, 7) is 5.70. The van der Waals surface area contributed by atoms with E-state index in [4.69, 9.17) is 9.84 Å². The molecule has 0 spiro atoms. The third kappa shape index (κ3) is 2.20. The molecule has 0 unspecified atom stereocenters. The monoisotopic (exact) mass is 254 g/mol. The Kier molecular flexibility index (Phi) is 4.42. The van der Waals surface area contributed by atoms with Gasteiger partial charge in [0.15, 0.2) is 11.5 Å². The molecule has 0 saturated carbocycles. The number of hydrogen-bond acceptors (Lipinski definition) is 4. The van der Waals surface area contributed by atoms with Gasteiger partial charge < -0.3 is 20.1 Å². The van der Waals surface area contributed by atoms with E-state index in [0.29, 0.717) is 30.6 Å². The van der Waals surface area contributed by atoms with Crippen LogP contribution >= 0.6 is 0 Å². The maximum Gasteiger partial charge on any atom is 0.343 e. The number of aromatic hydroxyl groups is 2. The molecule has 0 aliphatic rings. The second-order valence-electron chi connectivity index (χ2n) is 3.80. The Morgan fingerprint density at radius 3 is 2.00 bits per heavy atom. The molecule has 0 radical (unpaired) electrons. The predicted octanol–water partition coefficient (Wildman–Crippen LogP) is 2.32. The van der Waals surface area contributed by atoms with Gasteiger partial charge in [-0.1, -0.05) is 13.8 Å². The van der Waals surface area contributed by atoms with Crippen LogP contribution in [0, 0.1) is 0 Å². The Bertz CT molecular complexity index is 465. The van der Waals surface area contributed by atoms with Gasteiger partial charge in [-0.2, -0.15) is 0 Å². The number of rotatable bonds is 5. The molecule has 0 aliphatic carbocycles. The normalized spacial score (nSPS) is 10.4. The molecule has 0 aliphatic heterocycles. The van der Waals surface area contributed by atoms with Gasteiger partial charge in [-0.25, -0.2) is 4.79 Å². The van der Waals surface area contributed by atoms with Crippen LogP contribution in [0.15, 0.2) is 0 Å². The number of phenols is 2. The summed E-state index contributed by atoms with van der Waals surface area (Å²) in [7, 11) is 0. The van der Waals surface area contributed by atoms with E-state index in [1.807, 2.05) is 13.8 Å². The van der Waals surface area contributed by atoms with Crippen LogP contribution in [0.1, 0.15) is 42.3 Å². The van der Waals surface area contributed by atoms with Gasteiger partial charge in [-0.15, -0.1) is 0 Å². The number of carboxylic acid groups (broad SMARTS) is 1. The van der Waals surface area contributed by atoms with Crippen LogP contribution in [0.5, 0.6) is 17.2 Å². The molecule has 18 heavy (non-hydrogen) atoms. The van der Waals surface area contributed by atoms with Crippen molar-refractivity contribution in [3.8, 4) is 17.2 Å². The van der Waals surface area contributed by atoms with Gasteiger partial charge >= 0.3 is 5.97 Å². The van der Waals surface area contributed by atoms with E-state index in [9.17, 15) is 15.0 Å². The first-order valence-corrected chi connectivity index (χ1v) is 5.95. The van der Waals surface area contributed by atoms with Gasteiger partial charge in [0.25, 0.3) is 0 Å². The van der Waals surface area contributed by atoms with Crippen LogP contribution in [0.4, 0.5) is 0 Å². The van der Waals surface area contributed by atoms with Crippen molar-refractivity contribution in [1.29, 1.82) is 0 Å². The van der Waals surface area contributed by atoms with E-state index >= 15 is 0 Å². The fourth-order valence-electron chi connectivity index (χ4n) is 2.06. The first-order chi connectivity index (χ1) is 8.49. The molecule has 5 heteroatoms. The van der Waals surface area contributed by atoms with Crippen molar-refractivity contribution in [3.63, 3.8) is 0 Å². The third-order valence-electron chi connectivity index (χ3n) is 2.82. The minimum atomic E-state index is -1.32. The van der Waals surface area contributed by atoms with Gasteiger partial charge in [-0.05, 0) is 19.8 Å². The molecule has 0 heterocycles. The third-order valence-corrected chi connectivity index (χ3v) is 2.82. The Labute approximate surface area is 106 Å². The maximum atomic E-state index is 11.2. The summed E-state index contributed by atoms with van der Waals surface area (Å²) >= 11 is 0. The average Bonchev–Trinajstić information content (AvgIpc) is 2.33. The second-order valence-corrected chi connectivity index (χ2v) is 3.80. The molecule has 0 amide bonds. The first kappa shape index (κ1) is 14.2. The number of phenolic OH excluding ortho intramolecular Hbond substituents is 1. The Balaban J connectivity index is 3.70. The highest BCUT2D eigenvalue weighted by molar-refractivity contribution is 5.96. The molecule has 1 aromatic rings. The molecule has 0 aromatic heterocycles. The van der Waals surface area contributed by atoms with E-state index in [1.54, 1.807) is 6.92 Å². The number of ether oxygens (including phenoxy) is 1. The van der Waals surface area contributed by atoms with Gasteiger partial charge in [-0.3, -0.25) is 0 Å². The smallest absolute Gasteiger partial charge is 0.343 e. The Morgan fingerprint density at radius 1 is 1.06 bits per heavy atom. The summed E-state index contributed by atoms with van der Waals surface area (Å²) in [5, 5.41) is 28.8. The fraction of sp³-hybridized carbons (Fsp3) is 0.462. The summed E-state index contributed by atoms with van der Waals surface area (Å²) < 4.78 is 5.35. The summed E-state index contributed by atoms with van der Waals surface area (Å²) in [5.41, 5.74) is 0.791. The minimum absolute atomic E-state index is 0.152. The zero-order valence-corrected chi connectivity index (χ0v) is 10.8. The topological polar surface area (TPSA) is 87.0 Å². The molecule has 1 rings (SSSR count). The van der Waals surface area contributed by atoms with E-state index in [1.165, 1.54) is 0 Å². The standard InChI is InChI=1S/C13H18O5/c1-4-7-8(5-2)12(18-6-3)9(13(16)17)11(15)10(7)14/h14-15H,4-6H2,1-3H3,(H,16,17). The molecule has 0 atom stereocenters. The maximum absolute atomic E-state index is 11.2. The van der Waals surface area contributed by atoms with Gasteiger partial charge in [0.05, 0.1) is 6.61 Å². The predicted molar refractivity (Wildman–Crippen MR) is 66.7 cm³/mol. The quantitative estimate of drug-likeness (QED) is 0.702. The van der Waals surface area contributed by atoms with Crippen LogP contribution in [-0.2, 0) is 12.8 Å². The molecule has 0 bridgehead atoms. The second kappa shape index (κ2) is 5.62. The van der Waals surface area contributed by atoms with E-state index in [0.717, 1.165) is 0 Å². The van der Waals surface area contributed by atoms with Crippen LogP contribution in [-0.4, -0.2) is 27.9 Å². The molecule has 0 fully saturated rings. The highest BCUT2D eigenvalue weighted by Crippen LogP contribution is 2.43. The highest BCUT2D eigenvalue weighted by atomic mass is 16.5. The van der Waals surface area contributed by atoms with Crippen molar-refractivity contribution < 1.29 is 24.9 Å². The molecule has 5 nitrogen and oxygen atoms in total. The highest BCUT2D eigenvalue weighted by Gasteiger charge is 2.27. The van der Waals surface area contributed by atoms with Crippen LogP contribution in [0.2, 0.25) is 0 Å². The number of aromatic carboxylic acids is 1. The van der Waals surface area contributed by atoms with Crippen molar-refractivity contribution in [2.45, 2.75) is 33.6 Å². The molecular weight excluding hydrogens is 236 g/mol. The van der Waals surface area contributed by atoms with Crippen molar-refractivity contribution in [2.75, 3.05) is 6.61 Å².